The Bertz CT molecular complexity index is 682. The Morgan fingerprint density at radius 3 is 2.46 bits per heavy atom. The Morgan fingerprint density at radius 2 is 1.92 bits per heavy atom. The highest BCUT2D eigenvalue weighted by atomic mass is 32.1. The van der Waals surface area contributed by atoms with Crippen LogP contribution in [-0.2, 0) is 0 Å². The van der Waals surface area contributed by atoms with Crippen molar-refractivity contribution in [2.75, 3.05) is 18.0 Å². The van der Waals surface area contributed by atoms with Crippen molar-refractivity contribution >= 4 is 22.9 Å². The van der Waals surface area contributed by atoms with Crippen molar-refractivity contribution in [1.29, 1.82) is 0 Å². The van der Waals surface area contributed by atoms with Crippen molar-refractivity contribution in [2.24, 2.45) is 0 Å². The molecule has 1 N–H and O–H groups in total. The number of anilines is 1. The Hall–Kier alpha value is -1.88. The van der Waals surface area contributed by atoms with Gasteiger partial charge in [-0.05, 0) is 57.4 Å². The van der Waals surface area contributed by atoms with Crippen molar-refractivity contribution in [2.45, 2.75) is 46.1 Å². The number of hydrogen-bond acceptors (Lipinski definition) is 4. The Labute approximate surface area is 147 Å². The molecule has 4 nitrogen and oxygen atoms in total. The molecule has 5 heteroatoms. The molecule has 128 valence electrons. The fourth-order valence-corrected chi connectivity index (χ4v) is 4.08. The van der Waals surface area contributed by atoms with E-state index in [-0.39, 0.29) is 11.9 Å². The zero-order valence-corrected chi connectivity index (χ0v) is 15.4. The van der Waals surface area contributed by atoms with E-state index in [1.54, 1.807) is 11.3 Å². The van der Waals surface area contributed by atoms with Gasteiger partial charge in [0.2, 0.25) is 0 Å². The van der Waals surface area contributed by atoms with Gasteiger partial charge >= 0.3 is 0 Å². The SMILES string of the molecule is CC[C@H](NC(=O)c1ccc(N2CCCC2)cc1)c1nc(C)c(C)s1. The second-order valence-corrected chi connectivity index (χ2v) is 7.60. The number of nitrogens with one attached hydrogen (secondary N) is 1. The van der Waals surface area contributed by atoms with Crippen LogP contribution in [0.2, 0.25) is 0 Å². The van der Waals surface area contributed by atoms with Crippen LogP contribution in [0, 0.1) is 13.8 Å². The van der Waals surface area contributed by atoms with E-state index in [0.29, 0.717) is 5.56 Å². The smallest absolute Gasteiger partial charge is 0.251 e. The molecule has 3 rings (SSSR count). The molecule has 0 aliphatic carbocycles. The van der Waals surface area contributed by atoms with Crippen LogP contribution in [0.5, 0.6) is 0 Å². The third-order valence-electron chi connectivity index (χ3n) is 4.66. The standard InChI is InChI=1S/C19H25N3OS/c1-4-17(19-20-13(2)14(3)24-19)21-18(23)15-7-9-16(10-8-15)22-11-5-6-12-22/h7-10,17H,4-6,11-12H2,1-3H3,(H,21,23)/t17-/m0/s1. The first-order valence-electron chi connectivity index (χ1n) is 8.68. The lowest BCUT2D eigenvalue weighted by atomic mass is 10.1. The van der Waals surface area contributed by atoms with Crippen molar-refractivity contribution in [1.82, 2.24) is 10.3 Å². The van der Waals surface area contributed by atoms with Crippen LogP contribution in [0.1, 0.15) is 58.2 Å². The van der Waals surface area contributed by atoms with E-state index >= 15 is 0 Å². The van der Waals surface area contributed by atoms with Crippen molar-refractivity contribution in [3.8, 4) is 0 Å². The molecule has 1 aromatic carbocycles. The monoisotopic (exact) mass is 343 g/mol. The summed E-state index contributed by atoms with van der Waals surface area (Å²) in [4.78, 5) is 20.7. The van der Waals surface area contributed by atoms with Crippen LogP contribution in [-0.4, -0.2) is 24.0 Å². The van der Waals surface area contributed by atoms with Crippen LogP contribution in [0.3, 0.4) is 0 Å². The van der Waals surface area contributed by atoms with Gasteiger partial charge < -0.3 is 10.2 Å². The van der Waals surface area contributed by atoms with E-state index in [4.69, 9.17) is 0 Å². The van der Waals surface area contributed by atoms with Gasteiger partial charge in [0.1, 0.15) is 5.01 Å². The predicted molar refractivity (Wildman–Crippen MR) is 100.0 cm³/mol. The lowest BCUT2D eigenvalue weighted by Gasteiger charge is -2.18. The third-order valence-corrected chi connectivity index (χ3v) is 5.84. The molecule has 0 radical (unpaired) electrons. The summed E-state index contributed by atoms with van der Waals surface area (Å²) in [6.45, 7) is 8.40. The quantitative estimate of drug-likeness (QED) is 0.883. The van der Waals surface area contributed by atoms with Gasteiger partial charge in [-0.1, -0.05) is 6.92 Å². The lowest BCUT2D eigenvalue weighted by molar-refractivity contribution is 0.0935. The Balaban J connectivity index is 1.68. The van der Waals surface area contributed by atoms with Crippen LogP contribution < -0.4 is 10.2 Å². The molecule has 2 aromatic rings. The number of thiazole rings is 1. The average Bonchev–Trinajstić information content (AvgIpc) is 3.23. The number of aryl methyl sites for hydroxylation is 2. The summed E-state index contributed by atoms with van der Waals surface area (Å²) in [5, 5.41) is 4.12. The summed E-state index contributed by atoms with van der Waals surface area (Å²) in [5.74, 6) is -0.0275. The van der Waals surface area contributed by atoms with Gasteiger partial charge in [0, 0.05) is 29.2 Å². The summed E-state index contributed by atoms with van der Waals surface area (Å²) in [6.07, 6.45) is 3.35. The van der Waals surface area contributed by atoms with Gasteiger partial charge in [-0.15, -0.1) is 11.3 Å². The lowest BCUT2D eigenvalue weighted by Crippen LogP contribution is -2.28. The molecule has 1 aliphatic rings. The molecule has 0 bridgehead atoms. The molecule has 0 spiro atoms. The van der Waals surface area contributed by atoms with Crippen molar-refractivity contribution in [3.63, 3.8) is 0 Å². The summed E-state index contributed by atoms with van der Waals surface area (Å²) in [6, 6.07) is 7.94. The topological polar surface area (TPSA) is 45.2 Å². The number of amides is 1. The highest BCUT2D eigenvalue weighted by molar-refractivity contribution is 7.11. The Kier molecular flexibility index (Phi) is 5.19. The van der Waals surface area contributed by atoms with Crippen molar-refractivity contribution < 1.29 is 4.79 Å². The summed E-state index contributed by atoms with van der Waals surface area (Å²) < 4.78 is 0. The fraction of sp³-hybridized carbons (Fsp3) is 0.474. The highest BCUT2D eigenvalue weighted by Crippen LogP contribution is 2.25. The predicted octanol–water partition coefficient (Wildman–Crippen LogP) is 4.24. The number of rotatable bonds is 5. The Morgan fingerprint density at radius 1 is 1.25 bits per heavy atom. The number of hydrogen-bond donors (Lipinski definition) is 1. The second-order valence-electron chi connectivity index (χ2n) is 6.37. The molecule has 0 saturated carbocycles. The van der Waals surface area contributed by atoms with Gasteiger partial charge in [-0.3, -0.25) is 4.79 Å². The first kappa shape index (κ1) is 17.0. The van der Waals surface area contributed by atoms with Crippen LogP contribution in [0.15, 0.2) is 24.3 Å². The maximum absolute atomic E-state index is 12.6. The minimum atomic E-state index is -0.0275. The maximum atomic E-state index is 12.6. The third kappa shape index (κ3) is 3.61. The van der Waals surface area contributed by atoms with E-state index in [0.717, 1.165) is 30.2 Å². The normalized spacial score (nSPS) is 15.5. The minimum Gasteiger partial charge on any atom is -0.372 e. The molecule has 0 unspecified atom stereocenters. The molecular weight excluding hydrogens is 318 g/mol. The molecule has 1 saturated heterocycles. The second kappa shape index (κ2) is 7.34. The van der Waals surface area contributed by atoms with Crippen molar-refractivity contribution in [3.05, 3.63) is 45.4 Å². The molecule has 1 fully saturated rings. The van der Waals surface area contributed by atoms with Gasteiger partial charge in [0.05, 0.1) is 11.7 Å². The number of carbonyl (C=O) groups excluding carboxylic acids is 1. The molecule has 1 atom stereocenters. The molecule has 1 amide bonds. The first-order valence-corrected chi connectivity index (χ1v) is 9.50. The van der Waals surface area contributed by atoms with Crippen LogP contribution in [0.25, 0.3) is 0 Å². The number of benzene rings is 1. The zero-order valence-electron chi connectivity index (χ0n) is 14.6. The molecule has 1 aliphatic heterocycles. The van der Waals surface area contributed by atoms with E-state index in [1.807, 2.05) is 19.1 Å². The zero-order chi connectivity index (χ0) is 17.1. The van der Waals surface area contributed by atoms with E-state index in [2.05, 4.69) is 41.2 Å². The highest BCUT2D eigenvalue weighted by Gasteiger charge is 2.19. The van der Waals surface area contributed by atoms with Gasteiger partial charge in [0.15, 0.2) is 0 Å². The average molecular weight is 343 g/mol. The van der Waals surface area contributed by atoms with E-state index < -0.39 is 0 Å². The summed E-state index contributed by atoms with van der Waals surface area (Å²) >= 11 is 1.67. The van der Waals surface area contributed by atoms with Gasteiger partial charge in [0.25, 0.3) is 5.91 Å². The van der Waals surface area contributed by atoms with Gasteiger partial charge in [-0.25, -0.2) is 4.98 Å². The van der Waals surface area contributed by atoms with E-state index in [1.165, 1.54) is 23.4 Å². The van der Waals surface area contributed by atoms with Gasteiger partial charge in [-0.2, -0.15) is 0 Å². The summed E-state index contributed by atoms with van der Waals surface area (Å²) in [5.41, 5.74) is 2.97. The summed E-state index contributed by atoms with van der Waals surface area (Å²) in [7, 11) is 0. The molecule has 2 heterocycles. The molecule has 1 aromatic heterocycles. The molecular formula is C19H25N3OS. The van der Waals surface area contributed by atoms with E-state index in [9.17, 15) is 4.79 Å². The minimum absolute atomic E-state index is 0.0202. The van der Waals surface area contributed by atoms with Crippen LogP contribution in [0.4, 0.5) is 5.69 Å². The molecule has 24 heavy (non-hydrogen) atoms. The largest absolute Gasteiger partial charge is 0.372 e. The number of nitrogens with zero attached hydrogens (tertiary/aromatic N) is 2. The number of carbonyl (C=O) groups is 1. The number of aromatic nitrogens is 1. The van der Waals surface area contributed by atoms with Crippen LogP contribution >= 0.6 is 11.3 Å². The fourth-order valence-electron chi connectivity index (χ4n) is 3.03. The maximum Gasteiger partial charge on any atom is 0.251 e. The first-order chi connectivity index (χ1) is 11.6.